The number of anilines is 1. The first-order chi connectivity index (χ1) is 14.4. The Morgan fingerprint density at radius 3 is 2.26 bits per heavy atom. The lowest BCUT2D eigenvalue weighted by Crippen LogP contribution is -2.18. The highest BCUT2D eigenvalue weighted by Crippen LogP contribution is 2.53. The number of rotatable bonds is 5. The molecule has 0 aliphatic heterocycles. The van der Waals surface area contributed by atoms with E-state index >= 15 is 0 Å². The number of nitrogens with one attached hydrogen (secondary N) is 1. The van der Waals surface area contributed by atoms with E-state index in [1.807, 2.05) is 0 Å². The van der Waals surface area contributed by atoms with Crippen molar-refractivity contribution in [1.29, 1.82) is 5.26 Å². The van der Waals surface area contributed by atoms with Gasteiger partial charge in [0.05, 0.1) is 22.8 Å². The van der Waals surface area contributed by atoms with Gasteiger partial charge in [-0.1, -0.05) is 0 Å². The lowest BCUT2D eigenvalue weighted by atomic mass is 9.89. The summed E-state index contributed by atoms with van der Waals surface area (Å²) < 4.78 is 92.1. The third-order valence-electron chi connectivity index (χ3n) is 5.28. The average Bonchev–Trinajstić information content (AvgIpc) is 3.46. The van der Waals surface area contributed by atoms with Crippen molar-refractivity contribution in [2.24, 2.45) is 0 Å². The van der Waals surface area contributed by atoms with E-state index in [2.05, 4.69) is 5.32 Å². The summed E-state index contributed by atoms with van der Waals surface area (Å²) in [6, 6.07) is 6.27. The third kappa shape index (κ3) is 4.98. The third-order valence-corrected chi connectivity index (χ3v) is 5.28. The summed E-state index contributed by atoms with van der Waals surface area (Å²) in [7, 11) is 0. The predicted molar refractivity (Wildman–Crippen MR) is 96.3 cm³/mol. The molecule has 1 saturated carbocycles. The van der Waals surface area contributed by atoms with Crippen LogP contribution in [-0.4, -0.2) is 5.91 Å². The molecule has 0 unspecified atom stereocenters. The minimum absolute atomic E-state index is 0.0411. The molecule has 3 nitrogen and oxygen atoms in total. The number of halogens is 7. The summed E-state index contributed by atoms with van der Waals surface area (Å²) in [6.07, 6.45) is -8.82. The van der Waals surface area contributed by atoms with Gasteiger partial charge in [-0.3, -0.25) is 4.79 Å². The molecule has 2 aromatic rings. The Hall–Kier alpha value is -3.09. The molecular weight excluding hydrogens is 429 g/mol. The topological polar surface area (TPSA) is 52.9 Å². The number of hydrogen-bond donors (Lipinski definition) is 1. The Balaban J connectivity index is 1.72. The van der Waals surface area contributed by atoms with Crippen LogP contribution in [0.4, 0.5) is 36.4 Å². The van der Waals surface area contributed by atoms with Crippen molar-refractivity contribution in [2.75, 3.05) is 5.32 Å². The average molecular weight is 444 g/mol. The standard InChI is InChI=1S/C21H15F7N2O/c22-17-4-2-13(20(23,24)25)9-16(17)19(7-8-19)6-5-18(31)30-14-3-1-12(11-29)15(10-14)21(26,27)28/h1-4,9-10H,5-8H2,(H,30,31). The van der Waals surface area contributed by atoms with Crippen molar-refractivity contribution >= 4 is 11.6 Å². The van der Waals surface area contributed by atoms with E-state index in [0.717, 1.165) is 24.3 Å². The molecule has 0 aromatic heterocycles. The molecule has 0 saturated heterocycles. The van der Waals surface area contributed by atoms with E-state index in [4.69, 9.17) is 5.26 Å². The Morgan fingerprint density at radius 2 is 1.71 bits per heavy atom. The SMILES string of the molecule is N#Cc1ccc(NC(=O)CCC2(c3cc(C(F)(F)F)ccc3F)CC2)cc1C(F)(F)F. The zero-order valence-electron chi connectivity index (χ0n) is 15.8. The molecule has 31 heavy (non-hydrogen) atoms. The van der Waals surface area contributed by atoms with Crippen molar-refractivity contribution < 1.29 is 35.5 Å². The molecule has 0 heterocycles. The second-order valence-corrected chi connectivity index (χ2v) is 7.39. The van der Waals surface area contributed by atoms with Crippen LogP contribution in [-0.2, 0) is 22.6 Å². The molecule has 0 atom stereocenters. The highest BCUT2D eigenvalue weighted by Gasteiger charge is 2.47. The van der Waals surface area contributed by atoms with Crippen LogP contribution < -0.4 is 5.32 Å². The molecule has 1 aliphatic rings. The van der Waals surface area contributed by atoms with Crippen molar-refractivity contribution in [3.8, 4) is 6.07 Å². The lowest BCUT2D eigenvalue weighted by molar-refractivity contribution is -0.138. The van der Waals surface area contributed by atoms with Gasteiger partial charge in [-0.15, -0.1) is 0 Å². The van der Waals surface area contributed by atoms with E-state index in [9.17, 15) is 35.5 Å². The van der Waals surface area contributed by atoms with Crippen LogP contribution in [0.25, 0.3) is 0 Å². The zero-order valence-corrected chi connectivity index (χ0v) is 15.8. The van der Waals surface area contributed by atoms with E-state index in [-0.39, 0.29) is 24.1 Å². The van der Waals surface area contributed by atoms with Gasteiger partial charge in [-0.2, -0.15) is 31.6 Å². The summed E-state index contributed by atoms with van der Waals surface area (Å²) in [5.41, 5.74) is -3.99. The Labute approximate surface area is 172 Å². The fourth-order valence-electron chi connectivity index (χ4n) is 3.44. The van der Waals surface area contributed by atoms with Crippen molar-refractivity contribution in [1.82, 2.24) is 0 Å². The van der Waals surface area contributed by atoms with E-state index in [1.165, 1.54) is 6.07 Å². The second-order valence-electron chi connectivity index (χ2n) is 7.39. The minimum Gasteiger partial charge on any atom is -0.326 e. The number of alkyl halides is 6. The van der Waals surface area contributed by atoms with E-state index in [1.54, 1.807) is 0 Å². The van der Waals surface area contributed by atoms with E-state index < -0.39 is 46.2 Å². The molecule has 1 fully saturated rings. The molecule has 0 radical (unpaired) electrons. The normalized spacial score (nSPS) is 15.3. The van der Waals surface area contributed by atoms with Crippen LogP contribution in [0.3, 0.4) is 0 Å². The van der Waals surface area contributed by atoms with Gasteiger partial charge in [0.25, 0.3) is 0 Å². The largest absolute Gasteiger partial charge is 0.417 e. The number of carbonyl (C=O) groups excluding carboxylic acids is 1. The lowest BCUT2D eigenvalue weighted by Gasteiger charge is -2.18. The van der Waals surface area contributed by atoms with Gasteiger partial charge in [0, 0.05) is 12.1 Å². The van der Waals surface area contributed by atoms with Crippen molar-refractivity contribution in [3.63, 3.8) is 0 Å². The summed E-state index contributed by atoms with van der Waals surface area (Å²) in [5, 5.41) is 11.1. The first-order valence-corrected chi connectivity index (χ1v) is 9.14. The maximum absolute atomic E-state index is 14.2. The fourth-order valence-corrected chi connectivity index (χ4v) is 3.44. The van der Waals surface area contributed by atoms with Crippen LogP contribution in [0.15, 0.2) is 36.4 Å². The fraction of sp³-hybridized carbons (Fsp3) is 0.333. The first kappa shape index (κ1) is 22.6. The highest BCUT2D eigenvalue weighted by atomic mass is 19.4. The number of hydrogen-bond acceptors (Lipinski definition) is 2. The van der Waals surface area contributed by atoms with Crippen LogP contribution in [0.5, 0.6) is 0 Å². The molecule has 0 spiro atoms. The Morgan fingerprint density at radius 1 is 1.03 bits per heavy atom. The van der Waals surface area contributed by atoms with Gasteiger partial charge in [-0.05, 0) is 66.6 Å². The number of benzene rings is 2. The summed E-state index contributed by atoms with van der Waals surface area (Å²) in [5.74, 6) is -1.47. The molecule has 1 aliphatic carbocycles. The van der Waals surface area contributed by atoms with Crippen LogP contribution in [0, 0.1) is 17.1 Å². The molecule has 164 valence electrons. The maximum Gasteiger partial charge on any atom is 0.417 e. The van der Waals surface area contributed by atoms with Crippen molar-refractivity contribution in [2.45, 2.75) is 43.5 Å². The molecule has 10 heteroatoms. The van der Waals surface area contributed by atoms with Gasteiger partial charge in [0.15, 0.2) is 0 Å². The zero-order chi connectivity index (χ0) is 23.0. The minimum atomic E-state index is -4.79. The van der Waals surface area contributed by atoms with Crippen LogP contribution in [0.2, 0.25) is 0 Å². The predicted octanol–water partition coefficient (Wildman–Crippen LogP) is 6.19. The Kier molecular flexibility index (Phi) is 5.74. The number of carbonyl (C=O) groups is 1. The Bertz CT molecular complexity index is 1050. The number of nitrogens with zero attached hydrogens (tertiary/aromatic N) is 1. The maximum atomic E-state index is 14.2. The molecular formula is C21H15F7N2O. The molecule has 1 N–H and O–H groups in total. The molecule has 3 rings (SSSR count). The van der Waals surface area contributed by atoms with Gasteiger partial charge in [0.2, 0.25) is 5.91 Å². The van der Waals surface area contributed by atoms with Gasteiger partial charge >= 0.3 is 12.4 Å². The summed E-state index contributed by atoms with van der Waals surface area (Å²) in [4.78, 5) is 12.2. The molecule has 1 amide bonds. The van der Waals surface area contributed by atoms with Crippen LogP contribution in [0.1, 0.15) is 47.9 Å². The van der Waals surface area contributed by atoms with Crippen molar-refractivity contribution in [3.05, 3.63) is 64.5 Å². The smallest absolute Gasteiger partial charge is 0.326 e. The van der Waals surface area contributed by atoms with Gasteiger partial charge in [0.1, 0.15) is 5.82 Å². The summed E-state index contributed by atoms with van der Waals surface area (Å²) >= 11 is 0. The van der Waals surface area contributed by atoms with Gasteiger partial charge in [-0.25, -0.2) is 4.39 Å². The highest BCUT2D eigenvalue weighted by molar-refractivity contribution is 5.91. The monoisotopic (exact) mass is 444 g/mol. The van der Waals surface area contributed by atoms with Crippen LogP contribution >= 0.6 is 0 Å². The number of amides is 1. The van der Waals surface area contributed by atoms with E-state index in [0.29, 0.717) is 25.0 Å². The summed E-state index contributed by atoms with van der Waals surface area (Å²) in [6.45, 7) is 0. The first-order valence-electron chi connectivity index (χ1n) is 9.14. The van der Waals surface area contributed by atoms with Gasteiger partial charge < -0.3 is 5.32 Å². The molecule has 2 aromatic carbocycles. The molecule has 0 bridgehead atoms. The number of nitriles is 1. The second kappa shape index (κ2) is 7.87. The quantitative estimate of drug-likeness (QED) is 0.560.